The second-order valence-electron chi connectivity index (χ2n) is 3.11. The van der Waals surface area contributed by atoms with Gasteiger partial charge in [-0.1, -0.05) is 0 Å². The van der Waals surface area contributed by atoms with Gasteiger partial charge in [-0.25, -0.2) is 4.79 Å². The van der Waals surface area contributed by atoms with Crippen LogP contribution in [-0.2, 0) is 13.6 Å². The van der Waals surface area contributed by atoms with E-state index in [0.717, 1.165) is 5.56 Å². The molecule has 2 aromatic rings. The van der Waals surface area contributed by atoms with Crippen LogP contribution in [0.4, 0.5) is 5.69 Å². The Labute approximate surface area is 79.9 Å². The fourth-order valence-corrected chi connectivity index (χ4v) is 1.55. The molecule has 0 fully saturated rings. The van der Waals surface area contributed by atoms with E-state index in [-0.39, 0.29) is 6.54 Å². The maximum Gasteiger partial charge on any atom is 0.419 e. The Hall–Kier alpha value is -1.75. The van der Waals surface area contributed by atoms with Gasteiger partial charge in [-0.15, -0.1) is 0 Å². The molecule has 0 atom stereocenters. The Morgan fingerprint density at radius 1 is 1.50 bits per heavy atom. The summed E-state index contributed by atoms with van der Waals surface area (Å²) in [5.41, 5.74) is 13.8. The Bertz CT molecular complexity index is 539. The molecule has 74 valence electrons. The van der Waals surface area contributed by atoms with Gasteiger partial charge in [0.1, 0.15) is 0 Å². The zero-order valence-electron chi connectivity index (χ0n) is 7.78. The molecule has 4 N–H and O–H groups in total. The second kappa shape index (κ2) is 2.88. The fraction of sp³-hybridized carbons (Fsp3) is 0.222. The van der Waals surface area contributed by atoms with Gasteiger partial charge in [-0.3, -0.25) is 4.57 Å². The van der Waals surface area contributed by atoms with E-state index in [9.17, 15) is 4.79 Å². The molecule has 1 aromatic carbocycles. The predicted molar refractivity (Wildman–Crippen MR) is 53.8 cm³/mol. The topological polar surface area (TPSA) is 87.2 Å². The smallest absolute Gasteiger partial charge is 0.408 e. The van der Waals surface area contributed by atoms with Crippen LogP contribution < -0.4 is 17.2 Å². The largest absolute Gasteiger partial charge is 0.419 e. The molecule has 0 aliphatic rings. The van der Waals surface area contributed by atoms with Crippen molar-refractivity contribution < 1.29 is 4.42 Å². The van der Waals surface area contributed by atoms with Crippen molar-refractivity contribution in [2.24, 2.45) is 12.8 Å². The normalized spacial score (nSPS) is 11.0. The number of hydrogen-bond donors (Lipinski definition) is 2. The molecule has 2 rings (SSSR count). The minimum absolute atomic E-state index is 0.288. The molecule has 0 bridgehead atoms. The van der Waals surface area contributed by atoms with Crippen molar-refractivity contribution in [1.29, 1.82) is 0 Å². The first-order valence-corrected chi connectivity index (χ1v) is 4.22. The summed E-state index contributed by atoms with van der Waals surface area (Å²) in [5.74, 6) is -0.402. The molecule has 0 spiro atoms. The lowest BCUT2D eigenvalue weighted by Crippen LogP contribution is -2.11. The third-order valence-electron chi connectivity index (χ3n) is 2.29. The Kier molecular flexibility index (Phi) is 1.82. The highest BCUT2D eigenvalue weighted by Gasteiger charge is 2.11. The number of fused-ring (bicyclic) bond motifs is 1. The number of aromatic nitrogens is 1. The molecule has 0 aliphatic carbocycles. The summed E-state index contributed by atoms with van der Waals surface area (Å²) in [7, 11) is 1.63. The van der Waals surface area contributed by atoms with Crippen LogP contribution in [0.1, 0.15) is 5.56 Å². The van der Waals surface area contributed by atoms with Crippen LogP contribution >= 0.6 is 0 Å². The number of oxazole rings is 1. The summed E-state index contributed by atoms with van der Waals surface area (Å²) in [4.78, 5) is 11.2. The van der Waals surface area contributed by atoms with Gasteiger partial charge in [0.15, 0.2) is 5.58 Å². The number of hydrogen-bond acceptors (Lipinski definition) is 4. The number of aryl methyl sites for hydroxylation is 1. The van der Waals surface area contributed by atoms with Crippen LogP contribution in [0, 0.1) is 0 Å². The highest BCUT2D eigenvalue weighted by Crippen LogP contribution is 2.22. The van der Waals surface area contributed by atoms with Crippen LogP contribution in [-0.4, -0.2) is 4.57 Å². The second-order valence-corrected chi connectivity index (χ2v) is 3.11. The van der Waals surface area contributed by atoms with Gasteiger partial charge in [0.05, 0.1) is 5.52 Å². The molecular formula is C9H11N3O2. The Morgan fingerprint density at radius 2 is 2.21 bits per heavy atom. The highest BCUT2D eigenvalue weighted by molar-refractivity contribution is 5.82. The third-order valence-corrected chi connectivity index (χ3v) is 2.29. The summed E-state index contributed by atoms with van der Waals surface area (Å²) >= 11 is 0. The molecule has 0 unspecified atom stereocenters. The lowest BCUT2D eigenvalue weighted by Gasteiger charge is -2.04. The highest BCUT2D eigenvalue weighted by atomic mass is 16.4. The standard InChI is InChI=1S/C9H11N3O2/c1-12-8-5(4-10)6(11)2-3-7(8)14-9(12)13/h2-3H,4,10-11H2,1H3. The van der Waals surface area contributed by atoms with Crippen LogP contribution in [0.2, 0.25) is 0 Å². The first-order valence-electron chi connectivity index (χ1n) is 4.22. The number of nitrogens with two attached hydrogens (primary N) is 2. The van der Waals surface area contributed by atoms with Gasteiger partial charge in [0, 0.05) is 24.8 Å². The molecule has 0 radical (unpaired) electrons. The van der Waals surface area contributed by atoms with Crippen LogP contribution in [0.3, 0.4) is 0 Å². The van der Waals surface area contributed by atoms with Gasteiger partial charge in [0.2, 0.25) is 0 Å². The fourth-order valence-electron chi connectivity index (χ4n) is 1.55. The van der Waals surface area contributed by atoms with E-state index in [2.05, 4.69) is 0 Å². The molecular weight excluding hydrogens is 182 g/mol. The first-order chi connectivity index (χ1) is 6.65. The summed E-state index contributed by atoms with van der Waals surface area (Å²) in [6.45, 7) is 0.288. The number of nitrogens with zero attached hydrogens (tertiary/aromatic N) is 1. The van der Waals surface area contributed by atoms with E-state index < -0.39 is 5.76 Å². The first kappa shape index (κ1) is 8.83. The summed E-state index contributed by atoms with van der Waals surface area (Å²) in [5, 5.41) is 0. The number of benzene rings is 1. The minimum atomic E-state index is -0.402. The molecule has 5 nitrogen and oxygen atoms in total. The quantitative estimate of drug-likeness (QED) is 0.632. The zero-order chi connectivity index (χ0) is 10.3. The average Bonchev–Trinajstić information content (AvgIpc) is 2.45. The molecule has 0 saturated heterocycles. The van der Waals surface area contributed by atoms with E-state index in [1.54, 1.807) is 19.2 Å². The third kappa shape index (κ3) is 1.03. The molecule has 0 aliphatic heterocycles. The van der Waals surface area contributed by atoms with Crippen LogP contribution in [0.5, 0.6) is 0 Å². The van der Waals surface area contributed by atoms with E-state index in [4.69, 9.17) is 15.9 Å². The summed E-state index contributed by atoms with van der Waals surface area (Å²) in [6.07, 6.45) is 0. The van der Waals surface area contributed by atoms with Gasteiger partial charge in [-0.05, 0) is 12.1 Å². The zero-order valence-corrected chi connectivity index (χ0v) is 7.78. The monoisotopic (exact) mass is 193 g/mol. The van der Waals surface area contributed by atoms with Crippen molar-refractivity contribution in [3.8, 4) is 0 Å². The maximum absolute atomic E-state index is 11.2. The maximum atomic E-state index is 11.2. The van der Waals surface area contributed by atoms with Crippen molar-refractivity contribution >= 4 is 16.8 Å². The van der Waals surface area contributed by atoms with Crippen molar-refractivity contribution in [2.45, 2.75) is 6.54 Å². The van der Waals surface area contributed by atoms with Crippen molar-refractivity contribution in [2.75, 3.05) is 5.73 Å². The number of nitrogen functional groups attached to an aromatic ring is 1. The van der Waals surface area contributed by atoms with Crippen molar-refractivity contribution in [1.82, 2.24) is 4.57 Å². The van der Waals surface area contributed by atoms with Gasteiger partial charge in [0.25, 0.3) is 0 Å². The molecule has 1 heterocycles. The van der Waals surface area contributed by atoms with Gasteiger partial charge < -0.3 is 15.9 Å². The van der Waals surface area contributed by atoms with Crippen LogP contribution in [0.15, 0.2) is 21.3 Å². The van der Waals surface area contributed by atoms with Crippen molar-refractivity contribution in [3.63, 3.8) is 0 Å². The summed E-state index contributed by atoms with van der Waals surface area (Å²) in [6, 6.07) is 3.36. The molecule has 14 heavy (non-hydrogen) atoms. The lowest BCUT2D eigenvalue weighted by molar-refractivity contribution is 0.528. The Balaban J connectivity index is 2.98. The molecule has 0 saturated carbocycles. The van der Waals surface area contributed by atoms with E-state index in [1.165, 1.54) is 4.57 Å². The van der Waals surface area contributed by atoms with Crippen LogP contribution in [0.25, 0.3) is 11.1 Å². The number of anilines is 1. The predicted octanol–water partition coefficient (Wildman–Crippen LogP) is 0.172. The van der Waals surface area contributed by atoms with Gasteiger partial charge in [-0.2, -0.15) is 0 Å². The lowest BCUT2D eigenvalue weighted by atomic mass is 10.1. The SMILES string of the molecule is Cn1c(=O)oc2ccc(N)c(CN)c21. The minimum Gasteiger partial charge on any atom is -0.408 e. The molecule has 1 aromatic heterocycles. The van der Waals surface area contributed by atoms with E-state index >= 15 is 0 Å². The van der Waals surface area contributed by atoms with Gasteiger partial charge >= 0.3 is 5.76 Å². The van der Waals surface area contributed by atoms with E-state index in [1.807, 2.05) is 0 Å². The molecule has 5 heteroatoms. The summed E-state index contributed by atoms with van der Waals surface area (Å²) < 4.78 is 6.40. The average molecular weight is 193 g/mol. The molecule has 0 amide bonds. The van der Waals surface area contributed by atoms with Crippen molar-refractivity contribution in [3.05, 3.63) is 28.2 Å². The van der Waals surface area contributed by atoms with E-state index in [0.29, 0.717) is 16.8 Å². The Morgan fingerprint density at radius 3 is 2.86 bits per heavy atom. The number of rotatable bonds is 1.